The van der Waals surface area contributed by atoms with E-state index in [1.807, 2.05) is 25.1 Å². The quantitative estimate of drug-likeness (QED) is 0.624. The predicted molar refractivity (Wildman–Crippen MR) is 85.0 cm³/mol. The molecular weight excluding hydrogens is 262 g/mol. The van der Waals surface area contributed by atoms with Gasteiger partial charge in [0.25, 0.3) is 0 Å². The van der Waals surface area contributed by atoms with E-state index < -0.39 is 0 Å². The van der Waals surface area contributed by atoms with E-state index in [2.05, 4.69) is 37.8 Å². The molecule has 0 bridgehead atoms. The molecule has 0 radical (unpaired) electrons. The molecule has 1 aromatic carbocycles. The summed E-state index contributed by atoms with van der Waals surface area (Å²) >= 11 is 0. The molecule has 0 fully saturated rings. The molecule has 0 amide bonds. The van der Waals surface area contributed by atoms with E-state index in [4.69, 9.17) is 4.74 Å². The molecule has 1 aliphatic rings. The molecule has 0 saturated carbocycles. The van der Waals surface area contributed by atoms with Gasteiger partial charge in [0.05, 0.1) is 6.61 Å². The summed E-state index contributed by atoms with van der Waals surface area (Å²) in [4.78, 5) is 14.6. The first-order chi connectivity index (χ1) is 10.0. The fourth-order valence-corrected chi connectivity index (χ4v) is 2.89. The Labute approximate surface area is 127 Å². The lowest BCUT2D eigenvalue weighted by Gasteiger charge is -2.39. The van der Waals surface area contributed by atoms with Crippen LogP contribution < -0.4 is 0 Å². The maximum atomic E-state index is 12.3. The number of nitrogens with zero attached hydrogens (tertiary/aromatic N) is 1. The molecule has 2 atom stereocenters. The highest BCUT2D eigenvalue weighted by Crippen LogP contribution is 2.31. The second-order valence-electron chi connectivity index (χ2n) is 5.79. The molecule has 0 aromatic heterocycles. The summed E-state index contributed by atoms with van der Waals surface area (Å²) in [6.07, 6.45) is 0.766. The van der Waals surface area contributed by atoms with Crippen molar-refractivity contribution in [2.24, 2.45) is 0 Å². The molecule has 1 aliphatic heterocycles. The number of ether oxygens (including phenoxy) is 1. The number of carbonyl (C=O) groups is 1. The van der Waals surface area contributed by atoms with Crippen LogP contribution in [0, 0.1) is 0 Å². The van der Waals surface area contributed by atoms with Crippen LogP contribution in [0.2, 0.25) is 0 Å². The van der Waals surface area contributed by atoms with Crippen molar-refractivity contribution in [2.75, 3.05) is 13.2 Å². The minimum atomic E-state index is -0.177. The molecule has 1 aromatic rings. The molecule has 0 saturated heterocycles. The topological polar surface area (TPSA) is 29.5 Å². The van der Waals surface area contributed by atoms with Crippen molar-refractivity contribution in [1.29, 1.82) is 0 Å². The van der Waals surface area contributed by atoms with Crippen molar-refractivity contribution < 1.29 is 9.53 Å². The van der Waals surface area contributed by atoms with Crippen LogP contribution in [0.1, 0.15) is 45.7 Å². The Hall–Kier alpha value is -1.61. The van der Waals surface area contributed by atoms with Gasteiger partial charge in [-0.05, 0) is 39.7 Å². The molecule has 0 spiro atoms. The highest BCUT2D eigenvalue weighted by molar-refractivity contribution is 5.76. The summed E-state index contributed by atoms with van der Waals surface area (Å²) < 4.78 is 5.28. The van der Waals surface area contributed by atoms with Crippen molar-refractivity contribution in [3.8, 4) is 0 Å². The molecular formula is C18H25NO2. The SMILES string of the molecule is CCOC(=O)[C@@H]1CC(C)=C(C)CN1[C@H](C)c1ccccc1. The van der Waals surface area contributed by atoms with Crippen LogP contribution in [0.25, 0.3) is 0 Å². The van der Waals surface area contributed by atoms with E-state index in [0.717, 1.165) is 13.0 Å². The Morgan fingerprint density at radius 1 is 1.29 bits per heavy atom. The lowest BCUT2D eigenvalue weighted by atomic mass is 9.93. The maximum absolute atomic E-state index is 12.3. The molecule has 0 aliphatic carbocycles. The van der Waals surface area contributed by atoms with E-state index in [9.17, 15) is 4.79 Å². The van der Waals surface area contributed by atoms with Crippen LogP contribution in [0.3, 0.4) is 0 Å². The van der Waals surface area contributed by atoms with E-state index in [1.54, 1.807) is 0 Å². The summed E-state index contributed by atoms with van der Waals surface area (Å²) in [6, 6.07) is 10.4. The van der Waals surface area contributed by atoms with Crippen LogP contribution in [0.15, 0.2) is 41.5 Å². The van der Waals surface area contributed by atoms with E-state index in [1.165, 1.54) is 16.7 Å². The van der Waals surface area contributed by atoms with Crippen molar-refractivity contribution in [2.45, 2.75) is 46.2 Å². The Morgan fingerprint density at radius 3 is 2.57 bits per heavy atom. The Kier molecular flexibility index (Phi) is 5.18. The van der Waals surface area contributed by atoms with Gasteiger partial charge in [-0.3, -0.25) is 9.69 Å². The average molecular weight is 287 g/mol. The standard InChI is InChI=1S/C18H25NO2/c1-5-21-18(20)17-11-13(2)14(3)12-19(17)15(4)16-9-7-6-8-10-16/h6-10,15,17H,5,11-12H2,1-4H3/t15-,17+/m1/s1. The summed E-state index contributed by atoms with van der Waals surface area (Å²) in [5.41, 5.74) is 3.90. The van der Waals surface area contributed by atoms with Crippen LogP contribution in [0.4, 0.5) is 0 Å². The number of rotatable bonds is 4. The zero-order chi connectivity index (χ0) is 15.4. The van der Waals surface area contributed by atoms with Crippen molar-refractivity contribution in [3.05, 3.63) is 47.0 Å². The first kappa shape index (κ1) is 15.8. The number of esters is 1. The third-order valence-corrected chi connectivity index (χ3v) is 4.39. The van der Waals surface area contributed by atoms with Gasteiger partial charge in [0.1, 0.15) is 6.04 Å². The molecule has 1 heterocycles. The molecule has 2 rings (SSSR count). The van der Waals surface area contributed by atoms with Crippen LogP contribution in [0.5, 0.6) is 0 Å². The fraction of sp³-hybridized carbons (Fsp3) is 0.500. The van der Waals surface area contributed by atoms with Gasteiger partial charge >= 0.3 is 5.97 Å². The smallest absolute Gasteiger partial charge is 0.323 e. The largest absolute Gasteiger partial charge is 0.465 e. The van der Waals surface area contributed by atoms with Gasteiger partial charge in [-0.15, -0.1) is 0 Å². The highest BCUT2D eigenvalue weighted by Gasteiger charge is 2.34. The Morgan fingerprint density at radius 2 is 1.95 bits per heavy atom. The summed E-state index contributed by atoms with van der Waals surface area (Å²) in [7, 11) is 0. The van der Waals surface area contributed by atoms with Gasteiger partial charge in [-0.1, -0.05) is 41.5 Å². The van der Waals surface area contributed by atoms with Gasteiger partial charge in [0.2, 0.25) is 0 Å². The molecule has 21 heavy (non-hydrogen) atoms. The van der Waals surface area contributed by atoms with Gasteiger partial charge < -0.3 is 4.74 Å². The zero-order valence-corrected chi connectivity index (χ0v) is 13.4. The van der Waals surface area contributed by atoms with Crippen LogP contribution in [-0.4, -0.2) is 30.1 Å². The maximum Gasteiger partial charge on any atom is 0.323 e. The molecule has 0 N–H and O–H groups in total. The lowest BCUT2D eigenvalue weighted by Crippen LogP contribution is -2.47. The van der Waals surface area contributed by atoms with Crippen LogP contribution >= 0.6 is 0 Å². The number of carbonyl (C=O) groups excluding carboxylic acids is 1. The van der Waals surface area contributed by atoms with Crippen molar-refractivity contribution in [1.82, 2.24) is 4.90 Å². The van der Waals surface area contributed by atoms with Crippen molar-refractivity contribution >= 4 is 5.97 Å². The molecule has 114 valence electrons. The number of hydrogen-bond acceptors (Lipinski definition) is 3. The minimum Gasteiger partial charge on any atom is -0.465 e. The predicted octanol–water partition coefficient (Wildman–Crippen LogP) is 3.72. The van der Waals surface area contributed by atoms with Crippen molar-refractivity contribution in [3.63, 3.8) is 0 Å². The third-order valence-electron chi connectivity index (χ3n) is 4.39. The average Bonchev–Trinajstić information content (AvgIpc) is 2.50. The first-order valence-corrected chi connectivity index (χ1v) is 7.67. The monoisotopic (exact) mass is 287 g/mol. The number of hydrogen-bond donors (Lipinski definition) is 0. The first-order valence-electron chi connectivity index (χ1n) is 7.67. The van der Waals surface area contributed by atoms with E-state index in [0.29, 0.717) is 6.61 Å². The Bertz CT molecular complexity index is 521. The highest BCUT2D eigenvalue weighted by atomic mass is 16.5. The molecule has 0 unspecified atom stereocenters. The van der Waals surface area contributed by atoms with Crippen LogP contribution in [-0.2, 0) is 9.53 Å². The molecule has 3 nitrogen and oxygen atoms in total. The second kappa shape index (κ2) is 6.90. The summed E-state index contributed by atoms with van der Waals surface area (Å²) in [5.74, 6) is -0.105. The minimum absolute atomic E-state index is 0.105. The lowest BCUT2D eigenvalue weighted by molar-refractivity contribution is -0.150. The Balaban J connectivity index is 2.27. The second-order valence-corrected chi connectivity index (χ2v) is 5.79. The third kappa shape index (κ3) is 3.53. The van der Waals surface area contributed by atoms with E-state index in [-0.39, 0.29) is 18.1 Å². The van der Waals surface area contributed by atoms with Gasteiger partial charge in [-0.25, -0.2) is 0 Å². The van der Waals surface area contributed by atoms with Gasteiger partial charge in [0.15, 0.2) is 0 Å². The fourth-order valence-electron chi connectivity index (χ4n) is 2.89. The van der Waals surface area contributed by atoms with Gasteiger partial charge in [0, 0.05) is 12.6 Å². The molecule has 3 heteroatoms. The zero-order valence-electron chi connectivity index (χ0n) is 13.4. The van der Waals surface area contributed by atoms with Gasteiger partial charge in [-0.2, -0.15) is 0 Å². The summed E-state index contributed by atoms with van der Waals surface area (Å²) in [5, 5.41) is 0. The van der Waals surface area contributed by atoms with E-state index >= 15 is 0 Å². The normalized spacial score (nSPS) is 21.2. The number of benzene rings is 1. The summed E-state index contributed by atoms with van der Waals surface area (Å²) in [6.45, 7) is 9.55.